The lowest BCUT2D eigenvalue weighted by Gasteiger charge is -2.09. The number of carbonyl (C=O) groups is 1. The number of halogens is 1. The predicted molar refractivity (Wildman–Crippen MR) is 93.5 cm³/mol. The van der Waals surface area contributed by atoms with Crippen LogP contribution in [0.25, 0.3) is 0 Å². The van der Waals surface area contributed by atoms with Crippen LogP contribution in [0.15, 0.2) is 53.4 Å². The molecule has 0 aromatic heterocycles. The molecule has 132 valence electrons. The topological polar surface area (TPSA) is 91.7 Å². The van der Waals surface area contributed by atoms with Crippen LogP contribution < -0.4 is 0 Å². The number of rotatable bonds is 5. The van der Waals surface area contributed by atoms with Crippen LogP contribution >= 0.6 is 11.6 Å². The first-order valence-electron chi connectivity index (χ1n) is 7.65. The van der Waals surface area contributed by atoms with Crippen LogP contribution in [0.5, 0.6) is 0 Å². The van der Waals surface area contributed by atoms with Crippen molar-refractivity contribution in [2.24, 2.45) is 5.41 Å². The number of hydrogen-bond acceptors (Lipinski definition) is 4. The third-order valence-corrected chi connectivity index (χ3v) is 7.33. The van der Waals surface area contributed by atoms with Crippen LogP contribution in [0.3, 0.4) is 0 Å². The molecule has 0 aliphatic heterocycles. The minimum atomic E-state index is -3.94. The zero-order valence-electron chi connectivity index (χ0n) is 13.4. The summed E-state index contributed by atoms with van der Waals surface area (Å²) in [5.74, 6) is -2.19. The van der Waals surface area contributed by atoms with E-state index in [9.17, 15) is 23.4 Å². The van der Waals surface area contributed by atoms with Gasteiger partial charge in [0.2, 0.25) is 0 Å². The fourth-order valence-electron chi connectivity index (χ4n) is 3.42. The molecule has 0 bridgehead atoms. The third kappa shape index (κ3) is 2.74. The second kappa shape index (κ2) is 6.12. The molecule has 0 spiro atoms. The average Bonchev–Trinajstić information content (AvgIpc) is 3.27. The van der Waals surface area contributed by atoms with Gasteiger partial charge in [-0.1, -0.05) is 41.4 Å². The first kappa shape index (κ1) is 17.9. The molecule has 2 aromatic carbocycles. The lowest BCUT2D eigenvalue weighted by molar-refractivity contribution is -0.145. The lowest BCUT2D eigenvalue weighted by atomic mass is 10.0. The zero-order valence-corrected chi connectivity index (χ0v) is 15.0. The largest absolute Gasteiger partial charge is 0.481 e. The van der Waals surface area contributed by atoms with E-state index in [2.05, 4.69) is 0 Å². The van der Waals surface area contributed by atoms with Gasteiger partial charge in [-0.25, -0.2) is 8.42 Å². The summed E-state index contributed by atoms with van der Waals surface area (Å²) in [7, 11) is -3.94. The monoisotopic (exact) mass is 380 g/mol. The van der Waals surface area contributed by atoms with E-state index in [1.165, 1.54) is 12.1 Å². The Kier molecular flexibility index (Phi) is 4.39. The predicted octanol–water partition coefficient (Wildman–Crippen LogP) is 2.65. The highest BCUT2D eigenvalue weighted by molar-refractivity contribution is 7.92. The molecular weight excluding hydrogens is 364 g/mol. The zero-order chi connectivity index (χ0) is 18.4. The summed E-state index contributed by atoms with van der Waals surface area (Å²) in [6.07, 6.45) is 0. The van der Waals surface area contributed by atoms with Crippen LogP contribution in [-0.2, 0) is 14.6 Å². The fraction of sp³-hybridized carbons (Fsp3) is 0.278. The lowest BCUT2D eigenvalue weighted by Crippen LogP contribution is -2.27. The number of carboxylic acids is 1. The summed E-state index contributed by atoms with van der Waals surface area (Å²) in [6, 6.07) is 12.7. The summed E-state index contributed by atoms with van der Waals surface area (Å²) >= 11 is 5.97. The van der Waals surface area contributed by atoms with Crippen LogP contribution in [-0.4, -0.2) is 36.5 Å². The number of aliphatic carboxylic acids is 1. The van der Waals surface area contributed by atoms with E-state index in [0.717, 1.165) is 5.56 Å². The van der Waals surface area contributed by atoms with Crippen molar-refractivity contribution >= 4 is 27.4 Å². The molecule has 5 nitrogen and oxygen atoms in total. The smallest absolute Gasteiger partial charge is 0.314 e. The second-order valence-electron chi connectivity index (χ2n) is 6.31. The molecule has 25 heavy (non-hydrogen) atoms. The van der Waals surface area contributed by atoms with Crippen LogP contribution in [0, 0.1) is 12.3 Å². The number of aliphatic hydroxyl groups excluding tert-OH is 1. The fourth-order valence-corrected chi connectivity index (χ4v) is 5.98. The van der Waals surface area contributed by atoms with Gasteiger partial charge < -0.3 is 10.2 Å². The average molecular weight is 381 g/mol. The SMILES string of the molecule is Cc1ccc(S(=O)(=O)[C@@H]2[C@H](c3cccc(Cl)c3)[C@]2(CO)C(=O)O)cc1. The maximum Gasteiger partial charge on any atom is 0.314 e. The van der Waals surface area contributed by atoms with E-state index in [-0.39, 0.29) is 4.90 Å². The van der Waals surface area contributed by atoms with Gasteiger partial charge >= 0.3 is 5.97 Å². The van der Waals surface area contributed by atoms with E-state index >= 15 is 0 Å². The Bertz CT molecular complexity index is 923. The normalized spacial score (nSPS) is 25.6. The Morgan fingerprint density at radius 1 is 1.20 bits per heavy atom. The number of aryl methyl sites for hydroxylation is 1. The standard InChI is InChI=1S/C18H17ClO5S/c1-11-5-7-14(8-6-11)25(23,24)16-15(18(16,10-20)17(21)22)12-3-2-4-13(19)9-12/h2-9,15-16,20H,10H2,1H3,(H,21,22)/t15-,16+,18-/m0/s1. The summed E-state index contributed by atoms with van der Waals surface area (Å²) in [5, 5.41) is 18.6. The van der Waals surface area contributed by atoms with Crippen LogP contribution in [0.1, 0.15) is 17.0 Å². The van der Waals surface area contributed by atoms with Crippen LogP contribution in [0.4, 0.5) is 0 Å². The molecule has 0 amide bonds. The van der Waals surface area contributed by atoms with Crippen molar-refractivity contribution in [3.8, 4) is 0 Å². The van der Waals surface area contributed by atoms with Gasteiger partial charge in [0.15, 0.2) is 9.84 Å². The highest BCUT2D eigenvalue weighted by atomic mass is 35.5. The molecule has 1 saturated carbocycles. The Morgan fingerprint density at radius 2 is 1.84 bits per heavy atom. The number of hydrogen-bond donors (Lipinski definition) is 2. The van der Waals surface area contributed by atoms with E-state index in [4.69, 9.17) is 11.6 Å². The van der Waals surface area contributed by atoms with Gasteiger partial charge in [-0.3, -0.25) is 4.79 Å². The third-order valence-electron chi connectivity index (χ3n) is 4.81. The molecule has 3 rings (SSSR count). The molecule has 7 heteroatoms. The molecule has 0 saturated heterocycles. The van der Waals surface area contributed by atoms with Gasteiger partial charge in [0, 0.05) is 10.9 Å². The number of sulfone groups is 1. The van der Waals surface area contributed by atoms with Crippen molar-refractivity contribution < 1.29 is 23.4 Å². The Balaban J connectivity index is 2.12. The Hall–Kier alpha value is -1.89. The van der Waals surface area contributed by atoms with E-state index in [1.807, 2.05) is 6.92 Å². The van der Waals surface area contributed by atoms with Gasteiger partial charge in [-0.2, -0.15) is 0 Å². The first-order valence-corrected chi connectivity index (χ1v) is 9.58. The molecule has 1 fully saturated rings. The van der Waals surface area contributed by atoms with Gasteiger partial charge in [0.1, 0.15) is 5.41 Å². The highest BCUT2D eigenvalue weighted by Crippen LogP contribution is 2.64. The molecule has 2 N–H and O–H groups in total. The summed E-state index contributed by atoms with van der Waals surface area (Å²) in [5.41, 5.74) is -0.383. The van der Waals surface area contributed by atoms with Crippen molar-refractivity contribution in [2.45, 2.75) is 23.0 Å². The summed E-state index contributed by atoms with van der Waals surface area (Å²) in [4.78, 5) is 11.9. The van der Waals surface area contributed by atoms with Crippen molar-refractivity contribution in [1.82, 2.24) is 0 Å². The molecule has 0 heterocycles. The number of aliphatic hydroxyl groups is 1. The van der Waals surface area contributed by atoms with Crippen molar-refractivity contribution in [1.29, 1.82) is 0 Å². The number of benzene rings is 2. The first-order chi connectivity index (χ1) is 11.7. The molecular formula is C18H17ClO5S. The summed E-state index contributed by atoms with van der Waals surface area (Å²) in [6.45, 7) is 1.06. The maximum absolute atomic E-state index is 13.0. The molecule has 2 aromatic rings. The van der Waals surface area contributed by atoms with Gasteiger partial charge in [-0.05, 0) is 36.8 Å². The van der Waals surface area contributed by atoms with Crippen molar-refractivity contribution in [3.63, 3.8) is 0 Å². The van der Waals surface area contributed by atoms with Crippen LogP contribution in [0.2, 0.25) is 5.02 Å². The Morgan fingerprint density at radius 3 is 2.36 bits per heavy atom. The quantitative estimate of drug-likeness (QED) is 0.832. The minimum Gasteiger partial charge on any atom is -0.481 e. The molecule has 1 aliphatic carbocycles. The number of carboxylic acid groups (broad SMARTS) is 1. The maximum atomic E-state index is 13.0. The molecule has 1 aliphatic rings. The molecule has 0 radical (unpaired) electrons. The van der Waals surface area contributed by atoms with E-state index in [0.29, 0.717) is 10.6 Å². The van der Waals surface area contributed by atoms with Crippen molar-refractivity contribution in [2.75, 3.05) is 6.61 Å². The summed E-state index contributed by atoms with van der Waals surface area (Å²) < 4.78 is 26.1. The second-order valence-corrected chi connectivity index (χ2v) is 8.82. The van der Waals surface area contributed by atoms with E-state index in [1.54, 1.807) is 36.4 Å². The van der Waals surface area contributed by atoms with Gasteiger partial charge in [0.25, 0.3) is 0 Å². The highest BCUT2D eigenvalue weighted by Gasteiger charge is 2.75. The molecule has 3 atom stereocenters. The molecule has 0 unspecified atom stereocenters. The van der Waals surface area contributed by atoms with Crippen molar-refractivity contribution in [3.05, 3.63) is 64.7 Å². The van der Waals surface area contributed by atoms with Gasteiger partial charge in [0.05, 0.1) is 16.8 Å². The Labute approximate surface area is 150 Å². The minimum absolute atomic E-state index is 0.0479. The van der Waals surface area contributed by atoms with E-state index < -0.39 is 39.0 Å². The van der Waals surface area contributed by atoms with Gasteiger partial charge in [-0.15, -0.1) is 0 Å².